The Morgan fingerprint density at radius 2 is 2.07 bits per heavy atom. The lowest BCUT2D eigenvalue weighted by Crippen LogP contribution is -2.18. The average molecular weight is 358 g/mol. The van der Waals surface area contributed by atoms with E-state index in [1.165, 1.54) is 17.5 Å². The molecule has 0 bridgehead atoms. The maximum atomic E-state index is 4.81. The molecule has 0 fully saturated rings. The van der Waals surface area contributed by atoms with Gasteiger partial charge in [-0.3, -0.25) is 0 Å². The fourth-order valence-corrected chi connectivity index (χ4v) is 4.02. The highest BCUT2D eigenvalue weighted by molar-refractivity contribution is 5.72. The van der Waals surface area contributed by atoms with E-state index in [1.54, 1.807) is 17.3 Å². The number of benzene rings is 1. The second kappa shape index (κ2) is 6.23. The van der Waals surface area contributed by atoms with Crippen LogP contribution in [-0.4, -0.2) is 24.1 Å². The minimum absolute atomic E-state index is 0.294. The van der Waals surface area contributed by atoms with Crippen LogP contribution in [0.1, 0.15) is 41.4 Å². The van der Waals surface area contributed by atoms with Gasteiger partial charge in [-0.15, -0.1) is 0 Å². The average Bonchev–Trinajstić information content (AvgIpc) is 3.32. The lowest BCUT2D eigenvalue weighted by molar-refractivity contribution is 0.600. The summed E-state index contributed by atoms with van der Waals surface area (Å²) in [6, 6.07) is 11.2. The summed E-state index contributed by atoms with van der Waals surface area (Å²) in [5.74, 6) is 0. The van der Waals surface area contributed by atoms with Crippen molar-refractivity contribution in [2.24, 2.45) is 0 Å². The zero-order valence-corrected chi connectivity index (χ0v) is 15.6. The van der Waals surface area contributed by atoms with E-state index < -0.39 is 0 Å². The van der Waals surface area contributed by atoms with Gasteiger partial charge < -0.3 is 9.72 Å². The van der Waals surface area contributed by atoms with E-state index in [-0.39, 0.29) is 0 Å². The molecule has 1 aliphatic carbocycles. The SMILES string of the molecule is Cc1nc2c(N[C@@H]3CCCc4ccccc43)cc(-n3cncn3)cn2c1C. The van der Waals surface area contributed by atoms with E-state index in [9.17, 15) is 0 Å². The Morgan fingerprint density at radius 1 is 1.19 bits per heavy atom. The van der Waals surface area contributed by atoms with Crippen LogP contribution in [0.4, 0.5) is 5.69 Å². The van der Waals surface area contributed by atoms with E-state index >= 15 is 0 Å². The normalized spacial score (nSPS) is 16.4. The lowest BCUT2D eigenvalue weighted by atomic mass is 9.87. The maximum absolute atomic E-state index is 4.81. The van der Waals surface area contributed by atoms with Crippen molar-refractivity contribution in [3.05, 3.63) is 71.7 Å². The number of anilines is 1. The molecule has 4 aromatic rings. The van der Waals surface area contributed by atoms with Crippen LogP contribution >= 0.6 is 0 Å². The quantitative estimate of drug-likeness (QED) is 0.601. The lowest BCUT2D eigenvalue weighted by Gasteiger charge is -2.27. The van der Waals surface area contributed by atoms with Crippen molar-refractivity contribution >= 4 is 11.3 Å². The standard InChI is InChI=1S/C21H22N6/c1-14-15(2)26-11-17(27-13-22-12-23-27)10-20(21(26)24-14)25-19-9-5-7-16-6-3-4-8-18(16)19/h3-4,6,8,10-13,19,25H,5,7,9H2,1-2H3/t19-/m1/s1. The summed E-state index contributed by atoms with van der Waals surface area (Å²) in [5, 5.41) is 8.08. The van der Waals surface area contributed by atoms with Gasteiger partial charge in [0.25, 0.3) is 0 Å². The third-order valence-corrected chi connectivity index (χ3v) is 5.56. The first kappa shape index (κ1) is 16.1. The molecule has 27 heavy (non-hydrogen) atoms. The van der Waals surface area contributed by atoms with Gasteiger partial charge in [-0.1, -0.05) is 24.3 Å². The second-order valence-electron chi connectivity index (χ2n) is 7.22. The van der Waals surface area contributed by atoms with Crippen LogP contribution in [0.25, 0.3) is 11.3 Å². The summed E-state index contributed by atoms with van der Waals surface area (Å²) in [6.45, 7) is 4.15. The van der Waals surface area contributed by atoms with Crippen LogP contribution in [0.15, 0.2) is 49.2 Å². The summed E-state index contributed by atoms with van der Waals surface area (Å²) < 4.78 is 3.93. The smallest absolute Gasteiger partial charge is 0.160 e. The van der Waals surface area contributed by atoms with Crippen LogP contribution in [0.2, 0.25) is 0 Å². The van der Waals surface area contributed by atoms with Crippen LogP contribution in [0, 0.1) is 13.8 Å². The minimum Gasteiger partial charge on any atom is -0.375 e. The first-order valence-electron chi connectivity index (χ1n) is 9.39. The summed E-state index contributed by atoms with van der Waals surface area (Å²) in [4.78, 5) is 8.90. The fraction of sp³-hybridized carbons (Fsp3) is 0.286. The minimum atomic E-state index is 0.294. The number of hydrogen-bond donors (Lipinski definition) is 1. The summed E-state index contributed by atoms with van der Waals surface area (Å²) in [5.41, 5.74) is 7.97. The van der Waals surface area contributed by atoms with E-state index in [0.29, 0.717) is 6.04 Å². The Hall–Kier alpha value is -3.15. The number of fused-ring (bicyclic) bond motifs is 2. The molecule has 6 nitrogen and oxygen atoms in total. The van der Waals surface area contributed by atoms with E-state index in [0.717, 1.165) is 41.3 Å². The van der Waals surface area contributed by atoms with E-state index in [2.05, 4.69) is 70.2 Å². The molecular weight excluding hydrogens is 336 g/mol. The highest BCUT2D eigenvalue weighted by atomic mass is 15.3. The Morgan fingerprint density at radius 3 is 2.93 bits per heavy atom. The Labute approximate surface area is 157 Å². The van der Waals surface area contributed by atoms with Crippen molar-refractivity contribution in [1.29, 1.82) is 0 Å². The zero-order chi connectivity index (χ0) is 18.4. The van der Waals surface area contributed by atoms with Gasteiger partial charge in [-0.2, -0.15) is 5.10 Å². The zero-order valence-electron chi connectivity index (χ0n) is 15.6. The number of aromatic nitrogens is 5. The van der Waals surface area contributed by atoms with Crippen molar-refractivity contribution in [3.8, 4) is 5.69 Å². The van der Waals surface area contributed by atoms with Gasteiger partial charge in [0.1, 0.15) is 12.7 Å². The molecule has 0 amide bonds. The Balaban J connectivity index is 1.64. The largest absolute Gasteiger partial charge is 0.375 e. The Bertz CT molecular complexity index is 1110. The number of nitrogens with one attached hydrogen (secondary N) is 1. The molecule has 5 rings (SSSR count). The molecule has 1 aromatic carbocycles. The van der Waals surface area contributed by atoms with Gasteiger partial charge in [0, 0.05) is 11.9 Å². The molecule has 1 aliphatic rings. The number of aryl methyl sites for hydroxylation is 3. The van der Waals surface area contributed by atoms with Gasteiger partial charge in [0.15, 0.2) is 5.65 Å². The molecule has 0 saturated carbocycles. The van der Waals surface area contributed by atoms with Gasteiger partial charge >= 0.3 is 0 Å². The highest BCUT2D eigenvalue weighted by Gasteiger charge is 2.21. The fourth-order valence-electron chi connectivity index (χ4n) is 4.02. The topological polar surface area (TPSA) is 60.0 Å². The van der Waals surface area contributed by atoms with Crippen molar-refractivity contribution in [1.82, 2.24) is 24.1 Å². The van der Waals surface area contributed by atoms with Gasteiger partial charge in [0.2, 0.25) is 0 Å². The molecule has 0 spiro atoms. The van der Waals surface area contributed by atoms with Crippen molar-refractivity contribution in [2.45, 2.75) is 39.2 Å². The first-order valence-corrected chi connectivity index (χ1v) is 9.39. The van der Waals surface area contributed by atoms with Crippen LogP contribution < -0.4 is 5.32 Å². The van der Waals surface area contributed by atoms with E-state index in [1.807, 2.05) is 0 Å². The van der Waals surface area contributed by atoms with Crippen LogP contribution in [0.3, 0.4) is 0 Å². The molecule has 6 heteroatoms. The number of pyridine rings is 1. The monoisotopic (exact) mass is 358 g/mol. The summed E-state index contributed by atoms with van der Waals surface area (Å²) in [6.07, 6.45) is 8.82. The number of rotatable bonds is 3. The molecule has 3 heterocycles. The Kier molecular flexibility index (Phi) is 3.70. The van der Waals surface area contributed by atoms with Crippen LogP contribution in [-0.2, 0) is 6.42 Å². The molecule has 0 saturated heterocycles. The van der Waals surface area contributed by atoms with Crippen molar-refractivity contribution in [3.63, 3.8) is 0 Å². The molecule has 136 valence electrons. The van der Waals surface area contributed by atoms with Crippen molar-refractivity contribution in [2.75, 3.05) is 5.32 Å². The summed E-state index contributed by atoms with van der Waals surface area (Å²) >= 11 is 0. The van der Waals surface area contributed by atoms with Gasteiger partial charge in [0.05, 0.1) is 23.1 Å². The van der Waals surface area contributed by atoms with Gasteiger partial charge in [-0.05, 0) is 50.3 Å². The highest BCUT2D eigenvalue weighted by Crippen LogP contribution is 2.34. The number of imidazole rings is 1. The predicted molar refractivity (Wildman–Crippen MR) is 105 cm³/mol. The number of hydrogen-bond acceptors (Lipinski definition) is 4. The van der Waals surface area contributed by atoms with E-state index in [4.69, 9.17) is 4.98 Å². The van der Waals surface area contributed by atoms with Gasteiger partial charge in [-0.25, -0.2) is 14.6 Å². The predicted octanol–water partition coefficient (Wildman–Crippen LogP) is 4.02. The second-order valence-corrected chi connectivity index (χ2v) is 7.22. The number of nitrogens with zero attached hydrogens (tertiary/aromatic N) is 5. The third kappa shape index (κ3) is 2.68. The maximum Gasteiger partial charge on any atom is 0.160 e. The third-order valence-electron chi connectivity index (χ3n) is 5.56. The molecule has 0 aliphatic heterocycles. The summed E-state index contributed by atoms with van der Waals surface area (Å²) in [7, 11) is 0. The molecule has 0 radical (unpaired) electrons. The van der Waals surface area contributed by atoms with Crippen LogP contribution in [0.5, 0.6) is 0 Å². The molecule has 0 unspecified atom stereocenters. The molecular formula is C21H22N6. The molecule has 1 N–H and O–H groups in total. The molecule has 3 aromatic heterocycles. The molecule has 1 atom stereocenters. The first-order chi connectivity index (χ1) is 13.2. The van der Waals surface area contributed by atoms with Crippen molar-refractivity contribution < 1.29 is 0 Å².